The minimum atomic E-state index is -0.808. The third-order valence-electron chi connectivity index (χ3n) is 3.39. The third kappa shape index (κ3) is 3.91. The summed E-state index contributed by atoms with van der Waals surface area (Å²) < 4.78 is 0. The Bertz CT molecular complexity index is 302. The van der Waals surface area contributed by atoms with Crippen LogP contribution in [-0.2, 0) is 4.79 Å². The molecule has 5 nitrogen and oxygen atoms in total. The Kier molecular flexibility index (Phi) is 4.37. The zero-order chi connectivity index (χ0) is 13.1. The van der Waals surface area contributed by atoms with Crippen molar-refractivity contribution in [2.75, 3.05) is 13.1 Å². The van der Waals surface area contributed by atoms with Crippen LogP contribution in [0.2, 0.25) is 0 Å². The maximum absolute atomic E-state index is 12.0. The van der Waals surface area contributed by atoms with Gasteiger partial charge in [-0.2, -0.15) is 0 Å². The first-order valence-electron chi connectivity index (χ1n) is 6.15. The molecule has 1 fully saturated rings. The van der Waals surface area contributed by atoms with Gasteiger partial charge in [0.05, 0.1) is 5.92 Å². The fraction of sp³-hybridized carbons (Fsp3) is 0.833. The SMILES string of the molecule is CCC(C)(C)NC(=O)N1CCC[C@H](C(=O)O)C1. The van der Waals surface area contributed by atoms with Crippen molar-refractivity contribution in [3.63, 3.8) is 0 Å². The van der Waals surface area contributed by atoms with Crippen LogP contribution >= 0.6 is 0 Å². The van der Waals surface area contributed by atoms with E-state index in [2.05, 4.69) is 5.32 Å². The number of likely N-dealkylation sites (tertiary alicyclic amines) is 1. The number of hydrogen-bond donors (Lipinski definition) is 2. The van der Waals surface area contributed by atoms with Crippen molar-refractivity contribution in [2.45, 2.75) is 45.6 Å². The van der Waals surface area contributed by atoms with Crippen LogP contribution in [0, 0.1) is 5.92 Å². The molecule has 0 aromatic carbocycles. The van der Waals surface area contributed by atoms with Crippen molar-refractivity contribution in [1.29, 1.82) is 0 Å². The monoisotopic (exact) mass is 242 g/mol. The number of rotatable bonds is 3. The molecule has 1 heterocycles. The summed E-state index contributed by atoms with van der Waals surface area (Å²) in [5, 5.41) is 11.9. The van der Waals surface area contributed by atoms with E-state index in [1.807, 2.05) is 20.8 Å². The standard InChI is InChI=1S/C12H22N2O3/c1-4-12(2,3)13-11(17)14-7-5-6-9(8-14)10(15)16/h9H,4-8H2,1-3H3,(H,13,17)(H,15,16)/t9-/m0/s1. The number of carboxylic acid groups (broad SMARTS) is 1. The van der Waals surface area contributed by atoms with Gasteiger partial charge in [0.25, 0.3) is 0 Å². The maximum Gasteiger partial charge on any atom is 0.317 e. The molecule has 0 aromatic heterocycles. The number of piperidine rings is 1. The predicted molar refractivity (Wildman–Crippen MR) is 64.8 cm³/mol. The van der Waals surface area contributed by atoms with Crippen LogP contribution in [-0.4, -0.2) is 40.6 Å². The molecule has 1 atom stereocenters. The summed E-state index contributed by atoms with van der Waals surface area (Å²) in [6, 6.07) is -0.150. The van der Waals surface area contributed by atoms with Gasteiger partial charge in [0.2, 0.25) is 0 Å². The first-order chi connectivity index (χ1) is 7.85. The van der Waals surface area contributed by atoms with Gasteiger partial charge in [-0.15, -0.1) is 0 Å². The molecule has 17 heavy (non-hydrogen) atoms. The van der Waals surface area contributed by atoms with Crippen molar-refractivity contribution < 1.29 is 14.7 Å². The van der Waals surface area contributed by atoms with E-state index in [1.54, 1.807) is 4.90 Å². The summed E-state index contributed by atoms with van der Waals surface area (Å²) >= 11 is 0. The molecule has 0 spiro atoms. The number of urea groups is 1. The van der Waals surface area contributed by atoms with Crippen molar-refractivity contribution in [1.82, 2.24) is 10.2 Å². The molecule has 0 unspecified atom stereocenters. The Labute approximate surface area is 102 Å². The molecule has 0 aromatic rings. The Morgan fingerprint density at radius 2 is 2.12 bits per heavy atom. The molecule has 1 aliphatic rings. The summed E-state index contributed by atoms with van der Waals surface area (Å²) in [4.78, 5) is 24.5. The minimum Gasteiger partial charge on any atom is -0.481 e. The second-order valence-electron chi connectivity index (χ2n) is 5.29. The summed E-state index contributed by atoms with van der Waals surface area (Å²) in [5.74, 6) is -1.23. The van der Waals surface area contributed by atoms with E-state index in [0.29, 0.717) is 19.5 Å². The molecular formula is C12H22N2O3. The minimum absolute atomic E-state index is 0.150. The topological polar surface area (TPSA) is 69.6 Å². The Hall–Kier alpha value is -1.26. The lowest BCUT2D eigenvalue weighted by Crippen LogP contribution is -2.53. The van der Waals surface area contributed by atoms with Crippen LogP contribution < -0.4 is 5.32 Å². The number of carbonyl (C=O) groups is 2. The van der Waals surface area contributed by atoms with Gasteiger partial charge in [-0.05, 0) is 33.1 Å². The van der Waals surface area contributed by atoms with E-state index in [9.17, 15) is 9.59 Å². The van der Waals surface area contributed by atoms with Crippen LogP contribution in [0.25, 0.3) is 0 Å². The van der Waals surface area contributed by atoms with E-state index in [-0.39, 0.29) is 11.6 Å². The number of carbonyl (C=O) groups excluding carboxylic acids is 1. The Morgan fingerprint density at radius 3 is 2.65 bits per heavy atom. The molecule has 5 heteroatoms. The largest absolute Gasteiger partial charge is 0.481 e. The molecule has 0 saturated carbocycles. The van der Waals surface area contributed by atoms with Crippen molar-refractivity contribution in [2.24, 2.45) is 5.92 Å². The fourth-order valence-corrected chi connectivity index (χ4v) is 1.82. The van der Waals surface area contributed by atoms with E-state index >= 15 is 0 Å². The van der Waals surface area contributed by atoms with E-state index in [4.69, 9.17) is 5.11 Å². The number of nitrogens with one attached hydrogen (secondary N) is 1. The molecule has 2 amide bonds. The van der Waals surface area contributed by atoms with Gasteiger partial charge in [0.15, 0.2) is 0 Å². The number of aliphatic carboxylic acids is 1. The van der Waals surface area contributed by atoms with Gasteiger partial charge < -0.3 is 15.3 Å². The van der Waals surface area contributed by atoms with Gasteiger partial charge in [-0.3, -0.25) is 4.79 Å². The van der Waals surface area contributed by atoms with Gasteiger partial charge >= 0.3 is 12.0 Å². The highest BCUT2D eigenvalue weighted by atomic mass is 16.4. The zero-order valence-corrected chi connectivity index (χ0v) is 10.8. The van der Waals surface area contributed by atoms with Gasteiger partial charge in [0.1, 0.15) is 0 Å². The lowest BCUT2D eigenvalue weighted by Gasteiger charge is -2.34. The molecule has 0 aliphatic carbocycles. The summed E-state index contributed by atoms with van der Waals surface area (Å²) in [6.45, 7) is 6.90. The number of nitrogens with zero attached hydrogens (tertiary/aromatic N) is 1. The molecule has 1 saturated heterocycles. The summed E-state index contributed by atoms with van der Waals surface area (Å²) in [7, 11) is 0. The fourth-order valence-electron chi connectivity index (χ4n) is 1.82. The predicted octanol–water partition coefficient (Wildman–Crippen LogP) is 1.68. The quantitative estimate of drug-likeness (QED) is 0.791. The Morgan fingerprint density at radius 1 is 1.47 bits per heavy atom. The third-order valence-corrected chi connectivity index (χ3v) is 3.39. The van der Waals surface area contributed by atoms with Crippen molar-refractivity contribution in [3.8, 4) is 0 Å². The van der Waals surface area contributed by atoms with Crippen molar-refractivity contribution in [3.05, 3.63) is 0 Å². The average Bonchev–Trinajstić information content (AvgIpc) is 2.28. The second-order valence-corrected chi connectivity index (χ2v) is 5.29. The molecule has 2 N–H and O–H groups in total. The van der Waals surface area contributed by atoms with Gasteiger partial charge in [-0.1, -0.05) is 6.92 Å². The molecular weight excluding hydrogens is 220 g/mol. The zero-order valence-electron chi connectivity index (χ0n) is 10.8. The normalized spacial score (nSPS) is 21.1. The van der Waals surface area contributed by atoms with E-state index < -0.39 is 11.9 Å². The summed E-state index contributed by atoms with van der Waals surface area (Å²) in [6.07, 6.45) is 2.27. The molecule has 1 aliphatic heterocycles. The highest BCUT2D eigenvalue weighted by Crippen LogP contribution is 2.17. The van der Waals surface area contributed by atoms with Crippen molar-refractivity contribution >= 4 is 12.0 Å². The average molecular weight is 242 g/mol. The van der Waals surface area contributed by atoms with Crippen LogP contribution in [0.3, 0.4) is 0 Å². The molecule has 98 valence electrons. The second kappa shape index (κ2) is 5.38. The molecule has 1 rings (SSSR count). The number of hydrogen-bond acceptors (Lipinski definition) is 2. The molecule has 0 bridgehead atoms. The van der Waals surface area contributed by atoms with Crippen LogP contribution in [0.1, 0.15) is 40.0 Å². The number of carboxylic acids is 1. The van der Waals surface area contributed by atoms with Crippen LogP contribution in [0.5, 0.6) is 0 Å². The first-order valence-corrected chi connectivity index (χ1v) is 6.15. The number of amides is 2. The van der Waals surface area contributed by atoms with Crippen LogP contribution in [0.15, 0.2) is 0 Å². The van der Waals surface area contributed by atoms with Crippen LogP contribution in [0.4, 0.5) is 4.79 Å². The lowest BCUT2D eigenvalue weighted by atomic mass is 9.98. The van der Waals surface area contributed by atoms with Gasteiger partial charge in [0, 0.05) is 18.6 Å². The highest BCUT2D eigenvalue weighted by Gasteiger charge is 2.29. The smallest absolute Gasteiger partial charge is 0.317 e. The highest BCUT2D eigenvalue weighted by molar-refractivity contribution is 5.77. The van der Waals surface area contributed by atoms with E-state index in [1.165, 1.54) is 0 Å². The first kappa shape index (κ1) is 13.8. The summed E-state index contributed by atoms with van der Waals surface area (Å²) in [5.41, 5.74) is -0.243. The maximum atomic E-state index is 12.0. The Balaban J connectivity index is 2.55. The van der Waals surface area contributed by atoms with E-state index in [0.717, 1.165) is 12.8 Å². The molecule has 0 radical (unpaired) electrons. The van der Waals surface area contributed by atoms with Gasteiger partial charge in [-0.25, -0.2) is 4.79 Å². The lowest BCUT2D eigenvalue weighted by molar-refractivity contribution is -0.143.